The molecule has 0 fully saturated rings. The van der Waals surface area contributed by atoms with Crippen molar-refractivity contribution >= 4 is 29.4 Å². The van der Waals surface area contributed by atoms with Crippen LogP contribution >= 0.6 is 11.6 Å². The minimum absolute atomic E-state index is 0.0725. The fraction of sp³-hybridized carbons (Fsp3) is 0.348. The molecule has 0 spiro atoms. The predicted octanol–water partition coefficient (Wildman–Crippen LogP) is 4.05. The quantitative estimate of drug-likeness (QED) is 0.526. The third-order valence-corrected chi connectivity index (χ3v) is 5.32. The van der Waals surface area contributed by atoms with Crippen LogP contribution in [0.3, 0.4) is 0 Å². The van der Waals surface area contributed by atoms with Gasteiger partial charge >= 0.3 is 11.9 Å². The van der Waals surface area contributed by atoms with Crippen LogP contribution in [0.4, 0.5) is 0 Å². The van der Waals surface area contributed by atoms with Gasteiger partial charge in [-0.05, 0) is 43.5 Å². The molecular formula is C23H26ClNO5. The number of carboxylic acid groups (broad SMARTS) is 2. The number of rotatable bonds is 10. The van der Waals surface area contributed by atoms with Crippen molar-refractivity contribution in [2.24, 2.45) is 5.92 Å². The summed E-state index contributed by atoms with van der Waals surface area (Å²) in [5.74, 6) is -4.37. The van der Waals surface area contributed by atoms with Crippen molar-refractivity contribution in [3.05, 3.63) is 70.2 Å². The van der Waals surface area contributed by atoms with E-state index in [0.717, 1.165) is 16.7 Å². The molecule has 0 heterocycles. The van der Waals surface area contributed by atoms with Crippen LogP contribution in [0.15, 0.2) is 48.5 Å². The van der Waals surface area contributed by atoms with E-state index in [9.17, 15) is 19.5 Å². The Hall–Kier alpha value is -2.86. The minimum atomic E-state index is -1.30. The zero-order chi connectivity index (χ0) is 22.3. The Morgan fingerprint density at radius 1 is 0.967 bits per heavy atom. The van der Waals surface area contributed by atoms with Crippen LogP contribution in [0.1, 0.15) is 42.4 Å². The lowest BCUT2D eigenvalue weighted by atomic mass is 9.86. The number of carboxylic acids is 2. The number of benzene rings is 2. The smallest absolute Gasteiger partial charge is 0.307 e. The van der Waals surface area contributed by atoms with Crippen LogP contribution in [0.25, 0.3) is 0 Å². The van der Waals surface area contributed by atoms with Crippen LogP contribution in [0.2, 0.25) is 5.02 Å². The summed E-state index contributed by atoms with van der Waals surface area (Å²) in [4.78, 5) is 34.6. The Kier molecular flexibility index (Phi) is 8.42. The molecule has 0 aliphatic heterocycles. The van der Waals surface area contributed by atoms with Gasteiger partial charge in [0.2, 0.25) is 5.91 Å². The molecule has 0 radical (unpaired) electrons. The number of hydrogen-bond donors (Lipinski definition) is 3. The van der Waals surface area contributed by atoms with Gasteiger partial charge in [0.25, 0.3) is 0 Å². The largest absolute Gasteiger partial charge is 0.481 e. The fourth-order valence-corrected chi connectivity index (χ4v) is 3.49. The van der Waals surface area contributed by atoms with Crippen LogP contribution in [0, 0.1) is 12.8 Å². The van der Waals surface area contributed by atoms with Gasteiger partial charge in [-0.2, -0.15) is 0 Å². The number of amides is 1. The molecule has 1 amide bonds. The van der Waals surface area contributed by atoms with Crippen molar-refractivity contribution < 1.29 is 24.6 Å². The first-order valence-electron chi connectivity index (χ1n) is 9.70. The van der Waals surface area contributed by atoms with Crippen molar-refractivity contribution in [2.75, 3.05) is 0 Å². The van der Waals surface area contributed by atoms with E-state index in [2.05, 4.69) is 5.32 Å². The van der Waals surface area contributed by atoms with Crippen LogP contribution < -0.4 is 5.32 Å². The molecule has 0 saturated heterocycles. The molecule has 0 aliphatic carbocycles. The Morgan fingerprint density at radius 3 is 2.10 bits per heavy atom. The Labute approximate surface area is 180 Å². The second-order valence-electron chi connectivity index (χ2n) is 7.54. The van der Waals surface area contributed by atoms with Crippen molar-refractivity contribution in [2.45, 2.75) is 45.1 Å². The first-order valence-corrected chi connectivity index (χ1v) is 10.1. The Balaban J connectivity index is 2.16. The molecule has 3 unspecified atom stereocenters. The maximum Gasteiger partial charge on any atom is 0.307 e. The Morgan fingerprint density at radius 2 is 1.57 bits per heavy atom. The van der Waals surface area contributed by atoms with Gasteiger partial charge in [-0.1, -0.05) is 53.6 Å². The monoisotopic (exact) mass is 431 g/mol. The first kappa shape index (κ1) is 23.4. The Bertz CT molecular complexity index is 879. The average molecular weight is 432 g/mol. The molecule has 160 valence electrons. The van der Waals surface area contributed by atoms with Gasteiger partial charge in [0, 0.05) is 23.4 Å². The van der Waals surface area contributed by atoms with Crippen molar-refractivity contribution in [3.8, 4) is 0 Å². The maximum atomic E-state index is 12.4. The third kappa shape index (κ3) is 7.19. The lowest BCUT2D eigenvalue weighted by Gasteiger charge is -2.26. The normalized spacial score (nSPS) is 13.8. The number of aliphatic carboxylic acids is 2. The van der Waals surface area contributed by atoms with Gasteiger partial charge in [0.1, 0.15) is 0 Å². The van der Waals surface area contributed by atoms with Crippen molar-refractivity contribution in [1.82, 2.24) is 5.32 Å². The molecule has 0 aromatic heterocycles. The summed E-state index contributed by atoms with van der Waals surface area (Å²) in [6, 6.07) is 15.2. The number of halogens is 1. The summed E-state index contributed by atoms with van der Waals surface area (Å²) in [6.45, 7) is 3.87. The zero-order valence-electron chi connectivity index (χ0n) is 17.0. The first-order chi connectivity index (χ1) is 14.2. The van der Waals surface area contributed by atoms with Gasteiger partial charge in [0.15, 0.2) is 0 Å². The highest BCUT2D eigenvalue weighted by molar-refractivity contribution is 6.30. The average Bonchev–Trinajstić information content (AvgIpc) is 2.67. The van der Waals surface area contributed by atoms with Gasteiger partial charge in [-0.15, -0.1) is 0 Å². The van der Waals surface area contributed by atoms with Gasteiger partial charge in [-0.3, -0.25) is 14.4 Å². The number of carbonyl (C=O) groups excluding carboxylic acids is 1. The molecule has 7 heteroatoms. The molecule has 6 nitrogen and oxygen atoms in total. The zero-order valence-corrected chi connectivity index (χ0v) is 17.7. The van der Waals surface area contributed by atoms with E-state index < -0.39 is 30.2 Å². The maximum absolute atomic E-state index is 12.4. The van der Waals surface area contributed by atoms with E-state index in [0.29, 0.717) is 11.4 Å². The number of carbonyl (C=O) groups is 3. The topological polar surface area (TPSA) is 104 Å². The summed E-state index contributed by atoms with van der Waals surface area (Å²) in [7, 11) is 0. The number of hydrogen-bond acceptors (Lipinski definition) is 3. The molecule has 2 rings (SSSR count). The number of nitrogens with one attached hydrogen (secondary N) is 1. The molecule has 0 bridgehead atoms. The third-order valence-electron chi connectivity index (χ3n) is 5.07. The van der Waals surface area contributed by atoms with Crippen LogP contribution in [-0.4, -0.2) is 34.1 Å². The molecule has 0 aliphatic rings. The minimum Gasteiger partial charge on any atom is -0.481 e. The van der Waals surface area contributed by atoms with E-state index >= 15 is 0 Å². The molecule has 2 aromatic rings. The summed E-state index contributed by atoms with van der Waals surface area (Å²) >= 11 is 6.01. The second kappa shape index (κ2) is 10.8. The van der Waals surface area contributed by atoms with E-state index in [1.807, 2.05) is 50.2 Å². The van der Waals surface area contributed by atoms with Crippen molar-refractivity contribution in [3.63, 3.8) is 0 Å². The SMILES string of the molecule is Cc1ccc(CC(c2ccc(Cl)cc2)C(C)NC(=O)CC(CC(=O)O)C(=O)O)cc1. The molecular weight excluding hydrogens is 406 g/mol. The lowest BCUT2D eigenvalue weighted by Crippen LogP contribution is -2.39. The van der Waals surface area contributed by atoms with Crippen molar-refractivity contribution in [1.29, 1.82) is 0 Å². The number of aryl methyl sites for hydroxylation is 1. The van der Waals surface area contributed by atoms with Gasteiger partial charge in [-0.25, -0.2) is 0 Å². The standard InChI is InChI=1S/C23H26ClNO5/c1-14-3-5-16(6-4-14)11-20(17-7-9-19(24)10-8-17)15(2)25-21(26)12-18(23(29)30)13-22(27)28/h3-10,15,18,20H,11-13H2,1-2H3,(H,25,26)(H,27,28)(H,29,30). The second-order valence-corrected chi connectivity index (χ2v) is 7.98. The molecule has 3 N–H and O–H groups in total. The predicted molar refractivity (Wildman–Crippen MR) is 115 cm³/mol. The fourth-order valence-electron chi connectivity index (χ4n) is 3.37. The highest BCUT2D eigenvalue weighted by atomic mass is 35.5. The highest BCUT2D eigenvalue weighted by Crippen LogP contribution is 2.26. The van der Waals surface area contributed by atoms with E-state index in [1.165, 1.54) is 0 Å². The van der Waals surface area contributed by atoms with E-state index in [1.54, 1.807) is 12.1 Å². The van der Waals surface area contributed by atoms with Gasteiger partial charge < -0.3 is 15.5 Å². The highest BCUT2D eigenvalue weighted by Gasteiger charge is 2.27. The van der Waals surface area contributed by atoms with E-state index in [-0.39, 0.29) is 18.4 Å². The molecule has 0 saturated carbocycles. The van der Waals surface area contributed by atoms with Crippen LogP contribution in [-0.2, 0) is 20.8 Å². The summed E-state index contributed by atoms with van der Waals surface area (Å²) in [6.07, 6.45) is -0.314. The molecule has 30 heavy (non-hydrogen) atoms. The molecule has 2 aromatic carbocycles. The molecule has 3 atom stereocenters. The van der Waals surface area contributed by atoms with Crippen LogP contribution in [0.5, 0.6) is 0 Å². The summed E-state index contributed by atoms with van der Waals surface area (Å²) < 4.78 is 0. The summed E-state index contributed by atoms with van der Waals surface area (Å²) in [5.41, 5.74) is 3.25. The van der Waals surface area contributed by atoms with Gasteiger partial charge in [0.05, 0.1) is 12.3 Å². The van der Waals surface area contributed by atoms with E-state index in [4.69, 9.17) is 16.7 Å². The lowest BCUT2D eigenvalue weighted by molar-refractivity contribution is -0.149. The summed E-state index contributed by atoms with van der Waals surface area (Å²) in [5, 5.41) is 21.5.